The Kier molecular flexibility index (Phi) is 9.10. The molecule has 0 saturated carbocycles. The second-order valence-corrected chi connectivity index (χ2v) is 6.11. The van der Waals surface area contributed by atoms with Gasteiger partial charge in [0.25, 0.3) is 0 Å². The number of nitrogens with two attached hydrogens (primary N) is 1. The fourth-order valence-corrected chi connectivity index (χ4v) is 4.46. The van der Waals surface area contributed by atoms with E-state index >= 15 is 0 Å². The van der Waals surface area contributed by atoms with Gasteiger partial charge in [-0.05, 0) is 33.2 Å². The van der Waals surface area contributed by atoms with Gasteiger partial charge >= 0.3 is 8.80 Å². The quantitative estimate of drug-likeness (QED) is 0.556. The predicted octanol–water partition coefficient (Wildman–Crippen LogP) is 0.602. The second-order valence-electron chi connectivity index (χ2n) is 3.47. The highest BCUT2D eigenvalue weighted by molar-refractivity contribution is 6.60. The first-order chi connectivity index (χ1) is 7.67. The van der Waals surface area contributed by atoms with Crippen molar-refractivity contribution in [3.63, 3.8) is 0 Å². The standard InChI is InChI=1S/C10H25NO4Si/c1-4-13-16(14-5-2,15-6-3)9-10(7-11)8-12/h10,12H,4-9,11H2,1-3H3. The van der Waals surface area contributed by atoms with Crippen LogP contribution in [0.4, 0.5) is 0 Å². The molecule has 0 radical (unpaired) electrons. The zero-order valence-electron chi connectivity index (χ0n) is 10.6. The maximum absolute atomic E-state index is 9.17. The van der Waals surface area contributed by atoms with Gasteiger partial charge in [-0.15, -0.1) is 0 Å². The molecule has 0 rings (SSSR count). The molecule has 98 valence electrons. The molecule has 3 N–H and O–H groups in total. The van der Waals surface area contributed by atoms with Crippen molar-refractivity contribution in [1.29, 1.82) is 0 Å². The molecule has 0 aromatic rings. The van der Waals surface area contributed by atoms with E-state index in [0.29, 0.717) is 32.4 Å². The Morgan fingerprint density at radius 1 is 1.06 bits per heavy atom. The van der Waals surface area contributed by atoms with Crippen LogP contribution in [-0.2, 0) is 13.3 Å². The van der Waals surface area contributed by atoms with Gasteiger partial charge in [-0.2, -0.15) is 0 Å². The summed E-state index contributed by atoms with van der Waals surface area (Å²) in [6.07, 6.45) is 0. The first-order valence-electron chi connectivity index (χ1n) is 5.90. The number of aliphatic hydroxyl groups excluding tert-OH is 1. The monoisotopic (exact) mass is 251 g/mol. The maximum Gasteiger partial charge on any atom is 0.501 e. The molecule has 0 aromatic carbocycles. The third-order valence-electron chi connectivity index (χ3n) is 2.22. The van der Waals surface area contributed by atoms with Gasteiger partial charge in [0.2, 0.25) is 0 Å². The SMILES string of the molecule is CCO[Si](CC(CN)CO)(OCC)OCC. The third-order valence-corrected chi connectivity index (χ3v) is 5.49. The second kappa shape index (κ2) is 9.09. The minimum absolute atomic E-state index is 0.0173. The zero-order valence-corrected chi connectivity index (χ0v) is 11.6. The first-order valence-corrected chi connectivity index (χ1v) is 7.83. The summed E-state index contributed by atoms with van der Waals surface area (Å²) in [5.41, 5.74) is 5.57. The fourth-order valence-electron chi connectivity index (χ4n) is 1.54. The summed E-state index contributed by atoms with van der Waals surface area (Å²) in [5.74, 6) is -0.0173. The van der Waals surface area contributed by atoms with Crippen molar-refractivity contribution in [2.75, 3.05) is 33.0 Å². The molecule has 0 aliphatic carbocycles. The van der Waals surface area contributed by atoms with Crippen LogP contribution >= 0.6 is 0 Å². The highest BCUT2D eigenvalue weighted by Crippen LogP contribution is 2.21. The molecule has 0 fully saturated rings. The molecule has 0 amide bonds. The summed E-state index contributed by atoms with van der Waals surface area (Å²) in [7, 11) is -2.64. The van der Waals surface area contributed by atoms with Gasteiger partial charge < -0.3 is 24.1 Å². The number of hydrogen-bond acceptors (Lipinski definition) is 5. The first kappa shape index (κ1) is 16.0. The van der Waals surface area contributed by atoms with Crippen LogP contribution in [-0.4, -0.2) is 46.9 Å². The average Bonchev–Trinajstić information content (AvgIpc) is 2.27. The maximum atomic E-state index is 9.17. The lowest BCUT2D eigenvalue weighted by molar-refractivity contribution is 0.0637. The molecule has 0 spiro atoms. The molecular formula is C10H25NO4Si. The molecule has 5 nitrogen and oxygen atoms in total. The third kappa shape index (κ3) is 5.38. The molecule has 0 bridgehead atoms. The van der Waals surface area contributed by atoms with Crippen molar-refractivity contribution in [3.05, 3.63) is 0 Å². The zero-order chi connectivity index (χ0) is 12.4. The van der Waals surface area contributed by atoms with E-state index in [0.717, 1.165) is 0 Å². The number of rotatable bonds is 10. The lowest BCUT2D eigenvalue weighted by atomic mass is 10.2. The topological polar surface area (TPSA) is 73.9 Å². The largest absolute Gasteiger partial charge is 0.501 e. The van der Waals surface area contributed by atoms with Crippen molar-refractivity contribution < 1.29 is 18.4 Å². The van der Waals surface area contributed by atoms with Crippen molar-refractivity contribution in [1.82, 2.24) is 0 Å². The van der Waals surface area contributed by atoms with E-state index in [4.69, 9.17) is 24.1 Å². The van der Waals surface area contributed by atoms with E-state index in [1.807, 2.05) is 20.8 Å². The van der Waals surface area contributed by atoms with Gasteiger partial charge in [0.1, 0.15) is 0 Å². The summed E-state index contributed by atoms with van der Waals surface area (Å²) >= 11 is 0. The minimum Gasteiger partial charge on any atom is -0.396 e. The van der Waals surface area contributed by atoms with Crippen molar-refractivity contribution in [2.24, 2.45) is 11.7 Å². The van der Waals surface area contributed by atoms with Crippen LogP contribution < -0.4 is 5.73 Å². The number of hydrogen-bond donors (Lipinski definition) is 2. The van der Waals surface area contributed by atoms with E-state index in [-0.39, 0.29) is 12.5 Å². The Bertz CT molecular complexity index is 150. The van der Waals surface area contributed by atoms with Gasteiger partial charge in [0, 0.05) is 32.5 Å². The average molecular weight is 251 g/mol. The molecule has 0 heterocycles. The van der Waals surface area contributed by atoms with Gasteiger partial charge in [-0.3, -0.25) is 0 Å². The van der Waals surface area contributed by atoms with Crippen molar-refractivity contribution in [2.45, 2.75) is 26.8 Å². The molecule has 1 unspecified atom stereocenters. The van der Waals surface area contributed by atoms with Crippen LogP contribution in [0.15, 0.2) is 0 Å². The molecule has 0 aliphatic heterocycles. The highest BCUT2D eigenvalue weighted by atomic mass is 28.4. The van der Waals surface area contributed by atoms with E-state index < -0.39 is 8.80 Å². The van der Waals surface area contributed by atoms with Crippen LogP contribution in [0, 0.1) is 5.92 Å². The fraction of sp³-hybridized carbons (Fsp3) is 1.00. The Morgan fingerprint density at radius 3 is 1.75 bits per heavy atom. The van der Waals surface area contributed by atoms with Gasteiger partial charge in [0.05, 0.1) is 0 Å². The Balaban J connectivity index is 4.56. The van der Waals surface area contributed by atoms with Gasteiger partial charge in [-0.25, -0.2) is 0 Å². The van der Waals surface area contributed by atoms with Crippen molar-refractivity contribution >= 4 is 8.80 Å². The normalized spacial score (nSPS) is 14.1. The van der Waals surface area contributed by atoms with Crippen molar-refractivity contribution in [3.8, 4) is 0 Å². The lowest BCUT2D eigenvalue weighted by Gasteiger charge is -2.30. The molecule has 0 aromatic heterocycles. The summed E-state index contributed by atoms with van der Waals surface area (Å²) in [5, 5.41) is 9.17. The highest BCUT2D eigenvalue weighted by Gasteiger charge is 2.42. The summed E-state index contributed by atoms with van der Waals surface area (Å²) in [6, 6.07) is 0.579. The molecule has 0 aliphatic rings. The Hall–Kier alpha value is 0.0169. The van der Waals surface area contributed by atoms with E-state index in [9.17, 15) is 0 Å². The Labute approximate surface area is 99.2 Å². The van der Waals surface area contributed by atoms with Crippen LogP contribution in [0.25, 0.3) is 0 Å². The van der Waals surface area contributed by atoms with Crippen LogP contribution in [0.5, 0.6) is 0 Å². The van der Waals surface area contributed by atoms with E-state index in [2.05, 4.69) is 0 Å². The van der Waals surface area contributed by atoms with E-state index in [1.54, 1.807) is 0 Å². The smallest absolute Gasteiger partial charge is 0.396 e. The van der Waals surface area contributed by atoms with Gasteiger partial charge in [-0.1, -0.05) is 0 Å². The molecule has 0 saturated heterocycles. The summed E-state index contributed by atoms with van der Waals surface area (Å²) in [4.78, 5) is 0. The molecule has 16 heavy (non-hydrogen) atoms. The Morgan fingerprint density at radius 2 is 1.50 bits per heavy atom. The summed E-state index contributed by atoms with van der Waals surface area (Å²) < 4.78 is 17.0. The van der Waals surface area contributed by atoms with Crippen LogP contribution in [0.1, 0.15) is 20.8 Å². The van der Waals surface area contributed by atoms with Crippen LogP contribution in [0.3, 0.4) is 0 Å². The lowest BCUT2D eigenvalue weighted by Crippen LogP contribution is -2.48. The van der Waals surface area contributed by atoms with Gasteiger partial charge in [0.15, 0.2) is 0 Å². The number of aliphatic hydroxyl groups is 1. The molecule has 6 heteroatoms. The molecular weight excluding hydrogens is 226 g/mol. The predicted molar refractivity (Wildman–Crippen MR) is 65.1 cm³/mol. The molecule has 1 atom stereocenters. The minimum atomic E-state index is -2.64. The van der Waals surface area contributed by atoms with Crippen LogP contribution in [0.2, 0.25) is 6.04 Å². The van der Waals surface area contributed by atoms with E-state index in [1.165, 1.54) is 0 Å². The summed E-state index contributed by atoms with van der Waals surface area (Å²) in [6.45, 7) is 7.85.